The number of rotatable bonds is 12. The van der Waals surface area contributed by atoms with E-state index in [4.69, 9.17) is 16.2 Å². The number of hydrogen-bond acceptors (Lipinski definition) is 6. The van der Waals surface area contributed by atoms with Gasteiger partial charge in [0.1, 0.15) is 12.6 Å². The molecule has 32 heavy (non-hydrogen) atoms. The largest absolute Gasteiger partial charge is 0.445 e. The summed E-state index contributed by atoms with van der Waals surface area (Å²) in [5, 5.41) is 10.4. The van der Waals surface area contributed by atoms with Gasteiger partial charge in [0.05, 0.1) is 6.04 Å². The third-order valence-electron chi connectivity index (χ3n) is 4.54. The molecular formula is C21H34N6O5. The molecule has 178 valence electrons. The molecule has 0 bridgehead atoms. The standard InChI is InChI=1S/C21H34N6O5/c1-4-24-21(31)32-12-14-7-9-15(10-8-14)26-18(28)16(6-5-11-25-20(23)30)27-19(29)17(22)13(2)3/h7-10,13,16-17H,4-6,11-12,22H2,1-3H3,(H,24,31)(H,26,28)(H,27,29)(H3,23,25,30)/t16-,17-/m0/s1. The summed E-state index contributed by atoms with van der Waals surface area (Å²) in [6.07, 6.45) is 0.198. The van der Waals surface area contributed by atoms with E-state index in [2.05, 4.69) is 21.3 Å². The summed E-state index contributed by atoms with van der Waals surface area (Å²) in [5.41, 5.74) is 12.2. The summed E-state index contributed by atoms with van der Waals surface area (Å²) in [6.45, 7) is 6.26. The van der Waals surface area contributed by atoms with Crippen molar-refractivity contribution in [3.63, 3.8) is 0 Å². The third kappa shape index (κ3) is 10.1. The van der Waals surface area contributed by atoms with Gasteiger partial charge in [-0.05, 0) is 43.4 Å². The maximum Gasteiger partial charge on any atom is 0.407 e. The van der Waals surface area contributed by atoms with Gasteiger partial charge in [-0.25, -0.2) is 9.59 Å². The van der Waals surface area contributed by atoms with Gasteiger partial charge in [0, 0.05) is 18.8 Å². The molecule has 0 aliphatic heterocycles. The first-order valence-corrected chi connectivity index (χ1v) is 10.5. The average Bonchev–Trinajstić information content (AvgIpc) is 2.74. The Labute approximate surface area is 188 Å². The number of urea groups is 1. The van der Waals surface area contributed by atoms with Gasteiger partial charge in [0.15, 0.2) is 0 Å². The Kier molecular flexibility index (Phi) is 11.6. The smallest absolute Gasteiger partial charge is 0.407 e. The Balaban J connectivity index is 2.73. The topological polar surface area (TPSA) is 178 Å². The quantitative estimate of drug-likeness (QED) is 0.256. The van der Waals surface area contributed by atoms with E-state index in [1.165, 1.54) is 0 Å². The van der Waals surface area contributed by atoms with E-state index in [0.717, 1.165) is 5.56 Å². The second-order valence-corrected chi connectivity index (χ2v) is 7.56. The number of nitrogens with two attached hydrogens (primary N) is 2. The van der Waals surface area contributed by atoms with Gasteiger partial charge in [-0.3, -0.25) is 9.59 Å². The summed E-state index contributed by atoms with van der Waals surface area (Å²) in [6, 6.07) is 4.51. The minimum atomic E-state index is -0.845. The van der Waals surface area contributed by atoms with E-state index in [1.54, 1.807) is 31.2 Å². The van der Waals surface area contributed by atoms with Crippen molar-refractivity contribution in [3.05, 3.63) is 29.8 Å². The maximum atomic E-state index is 12.8. The summed E-state index contributed by atoms with van der Waals surface area (Å²) < 4.78 is 5.05. The molecule has 0 saturated heterocycles. The first-order valence-electron chi connectivity index (χ1n) is 10.5. The number of ether oxygens (including phenoxy) is 1. The molecule has 1 aromatic carbocycles. The van der Waals surface area contributed by atoms with Gasteiger partial charge < -0.3 is 37.5 Å². The Bertz CT molecular complexity index is 768. The normalized spacial score (nSPS) is 12.4. The lowest BCUT2D eigenvalue weighted by molar-refractivity contribution is -0.128. The van der Waals surface area contributed by atoms with E-state index in [0.29, 0.717) is 18.7 Å². The van der Waals surface area contributed by atoms with Crippen molar-refractivity contribution in [2.24, 2.45) is 17.4 Å². The first-order chi connectivity index (χ1) is 15.1. The van der Waals surface area contributed by atoms with Gasteiger partial charge in [-0.1, -0.05) is 26.0 Å². The van der Waals surface area contributed by atoms with Crippen LogP contribution in [0.1, 0.15) is 39.2 Å². The molecule has 0 heterocycles. The molecule has 1 rings (SSSR count). The Morgan fingerprint density at radius 1 is 1.03 bits per heavy atom. The van der Waals surface area contributed by atoms with Crippen molar-refractivity contribution in [1.82, 2.24) is 16.0 Å². The number of alkyl carbamates (subject to hydrolysis) is 1. The van der Waals surface area contributed by atoms with E-state index < -0.39 is 36.0 Å². The van der Waals surface area contributed by atoms with Crippen LogP contribution in [0.4, 0.5) is 15.3 Å². The molecule has 1 aromatic rings. The number of amides is 5. The molecular weight excluding hydrogens is 416 g/mol. The lowest BCUT2D eigenvalue weighted by Crippen LogP contribution is -2.51. The number of primary amides is 1. The predicted molar refractivity (Wildman–Crippen MR) is 120 cm³/mol. The van der Waals surface area contributed by atoms with Crippen LogP contribution in [0.5, 0.6) is 0 Å². The van der Waals surface area contributed by atoms with Crippen molar-refractivity contribution >= 4 is 29.6 Å². The van der Waals surface area contributed by atoms with Crippen LogP contribution in [0.15, 0.2) is 24.3 Å². The highest BCUT2D eigenvalue weighted by molar-refractivity contribution is 5.97. The molecule has 8 N–H and O–H groups in total. The SMILES string of the molecule is CCNC(=O)OCc1ccc(NC(=O)[C@H](CCCNC(N)=O)NC(=O)[C@@H](N)C(C)C)cc1. The first kappa shape index (κ1) is 26.7. The van der Waals surface area contributed by atoms with Gasteiger partial charge in [0.25, 0.3) is 0 Å². The minimum absolute atomic E-state index is 0.0931. The Morgan fingerprint density at radius 3 is 2.25 bits per heavy atom. The van der Waals surface area contributed by atoms with Crippen molar-refractivity contribution in [1.29, 1.82) is 0 Å². The van der Waals surface area contributed by atoms with Crippen LogP contribution >= 0.6 is 0 Å². The minimum Gasteiger partial charge on any atom is -0.445 e. The van der Waals surface area contributed by atoms with Crippen molar-refractivity contribution in [3.8, 4) is 0 Å². The summed E-state index contributed by atoms with van der Waals surface area (Å²) in [5.74, 6) is -0.940. The van der Waals surface area contributed by atoms with Gasteiger partial charge in [0.2, 0.25) is 11.8 Å². The fourth-order valence-electron chi connectivity index (χ4n) is 2.62. The van der Waals surface area contributed by atoms with Gasteiger partial charge >= 0.3 is 12.1 Å². The summed E-state index contributed by atoms with van der Waals surface area (Å²) in [4.78, 5) is 47.3. The lowest BCUT2D eigenvalue weighted by atomic mass is 10.0. The third-order valence-corrected chi connectivity index (χ3v) is 4.54. The second-order valence-electron chi connectivity index (χ2n) is 7.56. The molecule has 0 saturated carbocycles. The molecule has 0 unspecified atom stereocenters. The number of carbonyl (C=O) groups excluding carboxylic acids is 4. The molecule has 0 fully saturated rings. The highest BCUT2D eigenvalue weighted by Gasteiger charge is 2.25. The van der Waals surface area contributed by atoms with Crippen molar-refractivity contribution in [2.45, 2.75) is 52.3 Å². The highest BCUT2D eigenvalue weighted by Crippen LogP contribution is 2.12. The van der Waals surface area contributed by atoms with E-state index in [9.17, 15) is 19.2 Å². The molecule has 0 spiro atoms. The molecule has 11 heteroatoms. The van der Waals surface area contributed by atoms with E-state index >= 15 is 0 Å². The van der Waals surface area contributed by atoms with Crippen molar-refractivity contribution in [2.75, 3.05) is 18.4 Å². The fourth-order valence-corrected chi connectivity index (χ4v) is 2.62. The average molecular weight is 451 g/mol. The summed E-state index contributed by atoms with van der Waals surface area (Å²) in [7, 11) is 0. The van der Waals surface area contributed by atoms with Crippen LogP contribution < -0.4 is 32.7 Å². The fraction of sp³-hybridized carbons (Fsp3) is 0.524. The Morgan fingerprint density at radius 2 is 1.69 bits per heavy atom. The number of hydrogen-bond donors (Lipinski definition) is 6. The van der Waals surface area contributed by atoms with Crippen LogP contribution in [-0.2, 0) is 20.9 Å². The number of carbonyl (C=O) groups is 4. The molecule has 11 nitrogen and oxygen atoms in total. The predicted octanol–water partition coefficient (Wildman–Crippen LogP) is 0.788. The van der Waals surface area contributed by atoms with E-state index in [-0.39, 0.29) is 25.5 Å². The van der Waals surface area contributed by atoms with E-state index in [1.807, 2.05) is 13.8 Å². The molecule has 2 atom stereocenters. The highest BCUT2D eigenvalue weighted by atomic mass is 16.5. The number of benzene rings is 1. The second kappa shape index (κ2) is 13.9. The Hall–Kier alpha value is -3.34. The zero-order valence-corrected chi connectivity index (χ0v) is 18.8. The number of nitrogens with one attached hydrogen (secondary N) is 4. The number of anilines is 1. The zero-order valence-electron chi connectivity index (χ0n) is 18.8. The van der Waals surface area contributed by atoms with Crippen LogP contribution in [0, 0.1) is 5.92 Å². The van der Waals surface area contributed by atoms with Crippen LogP contribution in [0.25, 0.3) is 0 Å². The maximum absolute atomic E-state index is 12.8. The summed E-state index contributed by atoms with van der Waals surface area (Å²) >= 11 is 0. The molecule has 0 aliphatic rings. The van der Waals surface area contributed by atoms with Crippen LogP contribution in [-0.4, -0.2) is 49.1 Å². The lowest BCUT2D eigenvalue weighted by Gasteiger charge is -2.22. The zero-order chi connectivity index (χ0) is 24.1. The molecule has 5 amide bonds. The molecule has 0 radical (unpaired) electrons. The van der Waals surface area contributed by atoms with Gasteiger partial charge in [-0.15, -0.1) is 0 Å². The van der Waals surface area contributed by atoms with Gasteiger partial charge in [-0.2, -0.15) is 0 Å². The molecule has 0 aliphatic carbocycles. The monoisotopic (exact) mass is 450 g/mol. The van der Waals surface area contributed by atoms with Crippen molar-refractivity contribution < 1.29 is 23.9 Å². The molecule has 0 aromatic heterocycles. The van der Waals surface area contributed by atoms with Crippen LogP contribution in [0.3, 0.4) is 0 Å². The van der Waals surface area contributed by atoms with Crippen LogP contribution in [0.2, 0.25) is 0 Å².